The largest absolute Gasteiger partial charge is 0.378 e. The van der Waals surface area contributed by atoms with Crippen molar-refractivity contribution in [2.45, 2.75) is 89.9 Å². The number of fused-ring (bicyclic) bond motifs is 1. The van der Waals surface area contributed by atoms with Crippen molar-refractivity contribution in [3.8, 4) is 0 Å². The van der Waals surface area contributed by atoms with Gasteiger partial charge in [0.2, 0.25) is 0 Å². The van der Waals surface area contributed by atoms with Crippen molar-refractivity contribution in [3.63, 3.8) is 0 Å². The maximum Gasteiger partial charge on any atom is 0.153 e. The molecule has 3 atom stereocenters. The maximum atomic E-state index is 5.99. The van der Waals surface area contributed by atoms with Crippen LogP contribution < -0.4 is 5.32 Å². The van der Waals surface area contributed by atoms with Gasteiger partial charge in [-0.1, -0.05) is 20.3 Å². The normalized spacial score (nSPS) is 31.7. The van der Waals surface area contributed by atoms with E-state index in [0.717, 1.165) is 31.2 Å². The molecule has 2 saturated carbocycles. The van der Waals surface area contributed by atoms with Gasteiger partial charge in [0.25, 0.3) is 0 Å². The molecule has 128 valence electrons. The Balaban J connectivity index is 1.48. The molecule has 1 N–H and O–H groups in total. The van der Waals surface area contributed by atoms with E-state index in [2.05, 4.69) is 30.8 Å². The molecule has 4 rings (SSSR count). The Labute approximate surface area is 139 Å². The lowest BCUT2D eigenvalue weighted by Crippen LogP contribution is -2.67. The molecule has 1 aliphatic heterocycles. The second-order valence-electron chi connectivity index (χ2n) is 7.89. The number of hydrogen-bond acceptors (Lipinski definition) is 4. The number of nitrogens with one attached hydrogen (secondary N) is 1. The van der Waals surface area contributed by atoms with Crippen molar-refractivity contribution in [2.24, 2.45) is 5.41 Å². The third-order valence-corrected chi connectivity index (χ3v) is 6.25. The Morgan fingerprint density at radius 2 is 2.17 bits per heavy atom. The zero-order chi connectivity index (χ0) is 16.0. The van der Waals surface area contributed by atoms with Crippen LogP contribution in [-0.2, 0) is 11.3 Å². The molecule has 5 nitrogen and oxygen atoms in total. The molecule has 23 heavy (non-hydrogen) atoms. The van der Waals surface area contributed by atoms with Crippen molar-refractivity contribution in [1.82, 2.24) is 20.1 Å². The second-order valence-corrected chi connectivity index (χ2v) is 7.89. The lowest BCUT2D eigenvalue weighted by atomic mass is 9.51. The molecule has 0 saturated heterocycles. The number of ether oxygens (including phenoxy) is 1. The van der Waals surface area contributed by atoms with Crippen LogP contribution in [0.1, 0.15) is 82.9 Å². The molecule has 0 unspecified atom stereocenters. The summed E-state index contributed by atoms with van der Waals surface area (Å²) < 4.78 is 8.13. The summed E-state index contributed by atoms with van der Waals surface area (Å²) in [6, 6.07) is 0.970. The predicted molar refractivity (Wildman–Crippen MR) is 89.3 cm³/mol. The first-order chi connectivity index (χ1) is 11.1. The average Bonchev–Trinajstić information content (AvgIpc) is 2.89. The van der Waals surface area contributed by atoms with Gasteiger partial charge in [-0.2, -0.15) is 5.10 Å². The van der Waals surface area contributed by atoms with E-state index in [-0.39, 0.29) is 0 Å². The van der Waals surface area contributed by atoms with Crippen molar-refractivity contribution in [2.75, 3.05) is 6.61 Å². The SMILES string of the molecule is CCO[C@@H]1C[C@H](N[C@@H]2CCCn3nc(C(C)C)nc32)C12CCC2. The molecule has 1 spiro atoms. The van der Waals surface area contributed by atoms with Crippen molar-refractivity contribution < 1.29 is 4.74 Å². The predicted octanol–water partition coefficient (Wildman–Crippen LogP) is 3.17. The van der Waals surface area contributed by atoms with Gasteiger partial charge in [-0.3, -0.25) is 0 Å². The highest BCUT2D eigenvalue weighted by atomic mass is 16.5. The zero-order valence-electron chi connectivity index (χ0n) is 14.7. The Bertz CT molecular complexity index is 563. The first kappa shape index (κ1) is 15.6. The standard InChI is InChI=1S/C18H30N4O/c1-4-23-15-11-14(18(15)8-6-9-18)19-13-7-5-10-22-17(13)20-16(21-22)12(2)3/h12-15,19H,4-11H2,1-3H3/t13-,14+,15-/m1/s1. The molecule has 2 fully saturated rings. The summed E-state index contributed by atoms with van der Waals surface area (Å²) in [6.45, 7) is 8.32. The van der Waals surface area contributed by atoms with E-state index in [0.29, 0.717) is 29.5 Å². The Morgan fingerprint density at radius 3 is 2.83 bits per heavy atom. The van der Waals surface area contributed by atoms with Crippen molar-refractivity contribution >= 4 is 0 Å². The maximum absolute atomic E-state index is 5.99. The molecular formula is C18H30N4O. The fourth-order valence-electron chi connectivity index (χ4n) is 4.69. The van der Waals surface area contributed by atoms with E-state index in [1.165, 1.54) is 32.1 Å². The summed E-state index contributed by atoms with van der Waals surface area (Å²) in [4.78, 5) is 4.85. The van der Waals surface area contributed by atoms with Crippen LogP contribution in [0.3, 0.4) is 0 Å². The monoisotopic (exact) mass is 318 g/mol. The summed E-state index contributed by atoms with van der Waals surface area (Å²) in [5, 5.41) is 8.65. The summed E-state index contributed by atoms with van der Waals surface area (Å²) in [7, 11) is 0. The quantitative estimate of drug-likeness (QED) is 0.906. The fourth-order valence-corrected chi connectivity index (χ4v) is 4.69. The van der Waals surface area contributed by atoms with Crippen LogP contribution in [0, 0.1) is 5.41 Å². The van der Waals surface area contributed by atoms with Crippen LogP contribution in [0.4, 0.5) is 0 Å². The van der Waals surface area contributed by atoms with Gasteiger partial charge in [-0.05, 0) is 39.0 Å². The molecule has 0 amide bonds. The van der Waals surface area contributed by atoms with Gasteiger partial charge in [-0.15, -0.1) is 0 Å². The minimum Gasteiger partial charge on any atom is -0.378 e. The van der Waals surface area contributed by atoms with E-state index >= 15 is 0 Å². The molecule has 2 heterocycles. The highest BCUT2D eigenvalue weighted by Gasteiger charge is 2.59. The van der Waals surface area contributed by atoms with Gasteiger partial charge >= 0.3 is 0 Å². The second kappa shape index (κ2) is 5.85. The first-order valence-electron chi connectivity index (χ1n) is 9.46. The number of aryl methyl sites for hydroxylation is 1. The van der Waals surface area contributed by atoms with Crippen molar-refractivity contribution in [1.29, 1.82) is 0 Å². The lowest BCUT2D eigenvalue weighted by molar-refractivity contribution is -0.175. The van der Waals surface area contributed by atoms with Crippen LogP contribution in [0.25, 0.3) is 0 Å². The minimum absolute atomic E-state index is 0.369. The topological polar surface area (TPSA) is 52.0 Å². The molecule has 0 bridgehead atoms. The molecular weight excluding hydrogens is 288 g/mol. The van der Waals surface area contributed by atoms with Crippen LogP contribution in [0.2, 0.25) is 0 Å². The summed E-state index contributed by atoms with van der Waals surface area (Å²) >= 11 is 0. The Morgan fingerprint density at radius 1 is 1.35 bits per heavy atom. The highest BCUT2D eigenvalue weighted by molar-refractivity contribution is 5.14. The summed E-state index contributed by atoms with van der Waals surface area (Å²) in [5.74, 6) is 2.56. The van der Waals surface area contributed by atoms with Crippen LogP contribution >= 0.6 is 0 Å². The number of rotatable bonds is 5. The number of nitrogens with zero attached hydrogens (tertiary/aromatic N) is 3. The lowest BCUT2D eigenvalue weighted by Gasteiger charge is -2.61. The fraction of sp³-hybridized carbons (Fsp3) is 0.889. The van der Waals surface area contributed by atoms with E-state index in [1.807, 2.05) is 0 Å². The third-order valence-electron chi connectivity index (χ3n) is 6.25. The van der Waals surface area contributed by atoms with Crippen molar-refractivity contribution in [3.05, 3.63) is 11.6 Å². The van der Waals surface area contributed by atoms with E-state index in [4.69, 9.17) is 14.8 Å². The Hall–Kier alpha value is -0.940. The smallest absolute Gasteiger partial charge is 0.153 e. The third kappa shape index (κ3) is 2.43. The van der Waals surface area contributed by atoms with Gasteiger partial charge in [0.15, 0.2) is 5.82 Å². The van der Waals surface area contributed by atoms with Crippen LogP contribution in [-0.4, -0.2) is 33.5 Å². The van der Waals surface area contributed by atoms with Gasteiger partial charge in [-0.25, -0.2) is 9.67 Å². The van der Waals surface area contributed by atoms with E-state index < -0.39 is 0 Å². The van der Waals surface area contributed by atoms with E-state index in [1.54, 1.807) is 0 Å². The van der Waals surface area contributed by atoms with Crippen LogP contribution in [0.15, 0.2) is 0 Å². The van der Waals surface area contributed by atoms with Gasteiger partial charge in [0.05, 0.1) is 12.1 Å². The van der Waals surface area contributed by atoms with Gasteiger partial charge < -0.3 is 10.1 Å². The van der Waals surface area contributed by atoms with Gasteiger partial charge in [0, 0.05) is 30.5 Å². The first-order valence-corrected chi connectivity index (χ1v) is 9.46. The van der Waals surface area contributed by atoms with Gasteiger partial charge in [0.1, 0.15) is 5.82 Å². The van der Waals surface area contributed by atoms with E-state index in [9.17, 15) is 0 Å². The molecule has 2 aliphatic carbocycles. The molecule has 3 aliphatic rings. The minimum atomic E-state index is 0.369. The molecule has 5 heteroatoms. The highest BCUT2D eigenvalue weighted by Crippen LogP contribution is 2.57. The number of hydrogen-bond donors (Lipinski definition) is 1. The average molecular weight is 318 g/mol. The Kier molecular flexibility index (Phi) is 3.96. The zero-order valence-corrected chi connectivity index (χ0v) is 14.7. The molecule has 0 radical (unpaired) electrons. The molecule has 1 aromatic heterocycles. The summed E-state index contributed by atoms with van der Waals surface area (Å²) in [6.07, 6.45) is 8.03. The summed E-state index contributed by atoms with van der Waals surface area (Å²) in [5.41, 5.74) is 0.416. The number of aromatic nitrogens is 3. The molecule has 0 aromatic carbocycles. The van der Waals surface area contributed by atoms with Crippen LogP contribution in [0.5, 0.6) is 0 Å². The molecule has 1 aromatic rings.